The van der Waals surface area contributed by atoms with E-state index in [1.165, 1.54) is 4.57 Å². The van der Waals surface area contributed by atoms with E-state index >= 15 is 0 Å². The summed E-state index contributed by atoms with van der Waals surface area (Å²) >= 11 is 0. The van der Waals surface area contributed by atoms with Crippen molar-refractivity contribution in [3.8, 4) is 0 Å². The lowest BCUT2D eigenvalue weighted by molar-refractivity contribution is -0.159. The first-order valence-electron chi connectivity index (χ1n) is 9.57. The molecular weight excluding hydrogens is 370 g/mol. The van der Waals surface area contributed by atoms with E-state index in [0.717, 1.165) is 5.56 Å². The van der Waals surface area contributed by atoms with Gasteiger partial charge >= 0.3 is 11.9 Å². The molecule has 0 amide bonds. The van der Waals surface area contributed by atoms with Gasteiger partial charge in [0.25, 0.3) is 0 Å². The van der Waals surface area contributed by atoms with Crippen LogP contribution in [-0.2, 0) is 20.7 Å². The van der Waals surface area contributed by atoms with Crippen LogP contribution in [0, 0.1) is 0 Å². The van der Waals surface area contributed by atoms with E-state index in [2.05, 4.69) is 9.97 Å². The normalized spacial score (nSPS) is 12.6. The third kappa shape index (κ3) is 4.80. The molecule has 0 aliphatic carbocycles. The van der Waals surface area contributed by atoms with Crippen LogP contribution in [0.5, 0.6) is 0 Å². The SMILES string of the molecule is CCOC(=O)c1nc2cccnc2n1[C@@H](Cc1ccccc1)C(=O)OC(C)(C)C. The Balaban J connectivity index is 2.15. The zero-order valence-corrected chi connectivity index (χ0v) is 17.1. The second-order valence-electron chi connectivity index (χ2n) is 7.61. The van der Waals surface area contributed by atoms with Gasteiger partial charge in [0.05, 0.1) is 6.61 Å². The number of pyridine rings is 1. The summed E-state index contributed by atoms with van der Waals surface area (Å²) in [6.07, 6.45) is 1.92. The van der Waals surface area contributed by atoms with Crippen LogP contribution in [0.1, 0.15) is 49.9 Å². The molecule has 7 heteroatoms. The minimum atomic E-state index is -0.823. The molecule has 0 aliphatic rings. The maximum Gasteiger partial charge on any atom is 0.374 e. The van der Waals surface area contributed by atoms with Crippen molar-refractivity contribution in [2.45, 2.75) is 45.8 Å². The Hall–Kier alpha value is -3.22. The Labute approximate surface area is 169 Å². The van der Waals surface area contributed by atoms with Gasteiger partial charge in [-0.1, -0.05) is 30.3 Å². The number of hydrogen-bond donors (Lipinski definition) is 0. The fraction of sp³-hybridized carbons (Fsp3) is 0.364. The van der Waals surface area contributed by atoms with Crippen LogP contribution in [0.2, 0.25) is 0 Å². The number of rotatable bonds is 6. The second kappa shape index (κ2) is 8.43. The lowest BCUT2D eigenvalue weighted by Crippen LogP contribution is -2.33. The number of fused-ring (bicyclic) bond motifs is 1. The van der Waals surface area contributed by atoms with Crippen LogP contribution >= 0.6 is 0 Å². The molecule has 1 aromatic carbocycles. The summed E-state index contributed by atoms with van der Waals surface area (Å²) in [5.74, 6) is -1.03. The van der Waals surface area contributed by atoms with E-state index in [0.29, 0.717) is 17.6 Å². The summed E-state index contributed by atoms with van der Waals surface area (Å²) in [4.78, 5) is 34.6. The minimum absolute atomic E-state index is 0.0346. The number of carbonyl (C=O) groups is 2. The van der Waals surface area contributed by atoms with E-state index in [1.54, 1.807) is 46.0 Å². The maximum atomic E-state index is 13.2. The summed E-state index contributed by atoms with van der Waals surface area (Å²) in [5, 5.41) is 0. The number of aromatic nitrogens is 3. The van der Waals surface area contributed by atoms with Gasteiger partial charge < -0.3 is 9.47 Å². The highest BCUT2D eigenvalue weighted by Crippen LogP contribution is 2.26. The number of nitrogens with zero attached hydrogens (tertiary/aromatic N) is 3. The van der Waals surface area contributed by atoms with Crippen LogP contribution in [-0.4, -0.2) is 38.7 Å². The second-order valence-corrected chi connectivity index (χ2v) is 7.61. The van der Waals surface area contributed by atoms with E-state index < -0.39 is 23.6 Å². The average molecular weight is 395 g/mol. The monoisotopic (exact) mass is 395 g/mol. The Kier molecular flexibility index (Phi) is 5.96. The topological polar surface area (TPSA) is 83.3 Å². The van der Waals surface area contributed by atoms with E-state index in [-0.39, 0.29) is 12.4 Å². The van der Waals surface area contributed by atoms with Crippen molar-refractivity contribution >= 4 is 23.1 Å². The Morgan fingerprint density at radius 2 is 1.83 bits per heavy atom. The summed E-state index contributed by atoms with van der Waals surface area (Å²) in [6, 6.07) is 12.2. The Morgan fingerprint density at radius 3 is 2.48 bits per heavy atom. The summed E-state index contributed by atoms with van der Waals surface area (Å²) in [5.41, 5.74) is 1.19. The molecule has 2 heterocycles. The first-order valence-corrected chi connectivity index (χ1v) is 9.57. The van der Waals surface area contributed by atoms with Gasteiger partial charge in [0.2, 0.25) is 5.82 Å². The smallest absolute Gasteiger partial charge is 0.374 e. The molecule has 3 rings (SSSR count). The van der Waals surface area contributed by atoms with E-state index in [9.17, 15) is 9.59 Å². The van der Waals surface area contributed by atoms with E-state index in [1.807, 2.05) is 30.3 Å². The third-order valence-corrected chi connectivity index (χ3v) is 4.17. The Morgan fingerprint density at radius 1 is 1.10 bits per heavy atom. The quantitative estimate of drug-likeness (QED) is 0.592. The van der Waals surface area contributed by atoms with Crippen molar-refractivity contribution in [1.82, 2.24) is 14.5 Å². The van der Waals surface area contributed by atoms with Crippen LogP contribution in [0.15, 0.2) is 48.7 Å². The molecule has 0 spiro atoms. The first-order chi connectivity index (χ1) is 13.8. The molecule has 0 saturated heterocycles. The standard InChI is InChI=1S/C22H25N3O4/c1-5-28-21(27)19-24-16-12-9-13-23-18(16)25(19)17(20(26)29-22(2,3)4)14-15-10-7-6-8-11-15/h6-13,17H,5,14H2,1-4H3/t17-/m0/s1. The molecule has 0 saturated carbocycles. The molecule has 3 aromatic rings. The molecule has 152 valence electrons. The van der Waals surface area contributed by atoms with Gasteiger partial charge in [-0.15, -0.1) is 0 Å². The number of benzene rings is 1. The molecule has 0 radical (unpaired) electrons. The van der Waals surface area contributed by atoms with Crippen molar-refractivity contribution < 1.29 is 19.1 Å². The van der Waals surface area contributed by atoms with Gasteiger partial charge in [0.1, 0.15) is 17.2 Å². The molecule has 0 unspecified atom stereocenters. The van der Waals surface area contributed by atoms with Crippen molar-refractivity contribution in [3.63, 3.8) is 0 Å². The van der Waals surface area contributed by atoms with Crippen LogP contribution in [0.25, 0.3) is 11.2 Å². The van der Waals surface area contributed by atoms with Crippen molar-refractivity contribution in [3.05, 3.63) is 60.0 Å². The summed E-state index contributed by atoms with van der Waals surface area (Å²) < 4.78 is 12.4. The average Bonchev–Trinajstić information content (AvgIpc) is 3.05. The molecule has 0 fully saturated rings. The highest BCUT2D eigenvalue weighted by Gasteiger charge is 2.33. The molecule has 29 heavy (non-hydrogen) atoms. The lowest BCUT2D eigenvalue weighted by atomic mass is 10.0. The van der Waals surface area contributed by atoms with Gasteiger partial charge in [-0.05, 0) is 45.4 Å². The van der Waals surface area contributed by atoms with Crippen molar-refractivity contribution in [2.24, 2.45) is 0 Å². The molecule has 7 nitrogen and oxygen atoms in total. The maximum absolute atomic E-state index is 13.2. The molecule has 2 aromatic heterocycles. The third-order valence-electron chi connectivity index (χ3n) is 4.17. The van der Waals surface area contributed by atoms with Crippen molar-refractivity contribution in [1.29, 1.82) is 0 Å². The molecule has 0 bridgehead atoms. The van der Waals surface area contributed by atoms with Crippen LogP contribution < -0.4 is 0 Å². The summed E-state index contributed by atoms with van der Waals surface area (Å²) in [6.45, 7) is 7.34. The predicted octanol–water partition coefficient (Wildman–Crippen LogP) is 3.73. The van der Waals surface area contributed by atoms with Crippen LogP contribution in [0.4, 0.5) is 0 Å². The number of imidazole rings is 1. The lowest BCUT2D eigenvalue weighted by Gasteiger charge is -2.25. The Bertz CT molecular complexity index is 1010. The molecule has 1 atom stereocenters. The van der Waals surface area contributed by atoms with Crippen LogP contribution in [0.3, 0.4) is 0 Å². The first kappa shape index (κ1) is 20.5. The largest absolute Gasteiger partial charge is 0.460 e. The van der Waals surface area contributed by atoms with Gasteiger partial charge in [-0.2, -0.15) is 0 Å². The van der Waals surface area contributed by atoms with Gasteiger partial charge in [-0.25, -0.2) is 19.6 Å². The zero-order chi connectivity index (χ0) is 21.0. The minimum Gasteiger partial charge on any atom is -0.460 e. The van der Waals surface area contributed by atoms with Crippen molar-refractivity contribution in [2.75, 3.05) is 6.61 Å². The van der Waals surface area contributed by atoms with E-state index in [4.69, 9.17) is 9.47 Å². The summed E-state index contributed by atoms with van der Waals surface area (Å²) in [7, 11) is 0. The number of carbonyl (C=O) groups excluding carboxylic acids is 2. The number of esters is 2. The predicted molar refractivity (Wildman–Crippen MR) is 109 cm³/mol. The number of ether oxygens (including phenoxy) is 2. The molecule has 0 N–H and O–H groups in total. The number of hydrogen-bond acceptors (Lipinski definition) is 6. The highest BCUT2D eigenvalue weighted by atomic mass is 16.6. The fourth-order valence-corrected chi connectivity index (χ4v) is 3.05. The molecule has 0 aliphatic heterocycles. The molecular formula is C22H25N3O4. The highest BCUT2D eigenvalue weighted by molar-refractivity contribution is 5.91. The zero-order valence-electron chi connectivity index (χ0n) is 17.1. The van der Waals surface area contributed by atoms with Gasteiger partial charge in [0, 0.05) is 12.6 Å². The van der Waals surface area contributed by atoms with Gasteiger partial charge in [-0.3, -0.25) is 4.57 Å². The fourth-order valence-electron chi connectivity index (χ4n) is 3.05. The van der Waals surface area contributed by atoms with Gasteiger partial charge in [0.15, 0.2) is 5.65 Å².